The van der Waals surface area contributed by atoms with Gasteiger partial charge in [-0.25, -0.2) is 17.5 Å². The first-order valence-corrected chi connectivity index (χ1v) is 8.64. The van der Waals surface area contributed by atoms with Gasteiger partial charge in [0.1, 0.15) is 5.82 Å². The average molecular weight is 329 g/mol. The molecule has 3 N–H and O–H groups in total. The lowest BCUT2D eigenvalue weighted by Gasteiger charge is -2.32. The summed E-state index contributed by atoms with van der Waals surface area (Å²) < 4.78 is 40.3. The number of carbonyl (C=O) groups is 1. The topological polar surface area (TPSA) is 92.5 Å². The Bertz CT molecular complexity index is 636. The molecule has 6 nitrogen and oxygen atoms in total. The van der Waals surface area contributed by atoms with Crippen molar-refractivity contribution in [2.75, 3.05) is 19.6 Å². The van der Waals surface area contributed by atoms with Gasteiger partial charge in [0.15, 0.2) is 0 Å². The molecule has 1 aromatic rings. The van der Waals surface area contributed by atoms with Gasteiger partial charge in [-0.3, -0.25) is 4.79 Å². The molecule has 1 aliphatic heterocycles. The van der Waals surface area contributed by atoms with Crippen molar-refractivity contribution in [1.82, 2.24) is 9.62 Å². The molecule has 1 aromatic carbocycles. The minimum atomic E-state index is -3.75. The molecule has 0 aromatic heterocycles. The summed E-state index contributed by atoms with van der Waals surface area (Å²) in [7, 11) is -3.75. The van der Waals surface area contributed by atoms with Gasteiger partial charge >= 0.3 is 0 Å². The molecule has 1 amide bonds. The molecule has 0 bridgehead atoms. The number of hydrogen-bond donors (Lipinski definition) is 2. The van der Waals surface area contributed by atoms with Crippen molar-refractivity contribution in [3.05, 3.63) is 30.1 Å². The Morgan fingerprint density at radius 1 is 1.45 bits per heavy atom. The molecular formula is C14H20FN3O3S. The third-order valence-corrected chi connectivity index (χ3v) is 5.13. The van der Waals surface area contributed by atoms with Gasteiger partial charge in [0.05, 0.1) is 4.90 Å². The van der Waals surface area contributed by atoms with Gasteiger partial charge in [-0.1, -0.05) is 6.07 Å². The Hall–Kier alpha value is -1.51. The predicted octanol–water partition coefficient (Wildman–Crippen LogP) is 0.444. The van der Waals surface area contributed by atoms with E-state index >= 15 is 0 Å². The van der Waals surface area contributed by atoms with Crippen LogP contribution >= 0.6 is 0 Å². The molecule has 0 spiro atoms. The van der Waals surface area contributed by atoms with E-state index < -0.39 is 15.8 Å². The van der Waals surface area contributed by atoms with E-state index in [0.717, 1.165) is 19.0 Å². The van der Waals surface area contributed by atoms with Crippen molar-refractivity contribution in [2.45, 2.75) is 30.2 Å². The molecule has 1 atom stereocenters. The number of nitrogens with one attached hydrogen (secondary N) is 1. The largest absolute Gasteiger partial charge is 0.370 e. The molecule has 1 heterocycles. The standard InChI is InChI=1S/C14H20FN3O3S/c15-11-3-1-5-13(9-11)22(20,21)17-12-4-2-7-18(10-12)8-6-14(16)19/h1,3,5,9,12,17H,2,4,6-8,10H2,(H2,16,19)/t12-/m0/s1. The molecule has 0 unspecified atom stereocenters. The fraction of sp³-hybridized carbons (Fsp3) is 0.500. The Morgan fingerprint density at radius 2 is 2.23 bits per heavy atom. The third kappa shape index (κ3) is 4.75. The lowest BCUT2D eigenvalue weighted by Crippen LogP contribution is -2.48. The first kappa shape index (κ1) is 16.9. The normalized spacial score (nSPS) is 20.0. The number of sulfonamides is 1. The minimum Gasteiger partial charge on any atom is -0.370 e. The van der Waals surface area contributed by atoms with E-state index in [-0.39, 0.29) is 23.3 Å². The van der Waals surface area contributed by atoms with Gasteiger partial charge in [-0.15, -0.1) is 0 Å². The van der Waals surface area contributed by atoms with Crippen molar-refractivity contribution >= 4 is 15.9 Å². The van der Waals surface area contributed by atoms with E-state index in [9.17, 15) is 17.6 Å². The van der Waals surface area contributed by atoms with E-state index in [2.05, 4.69) is 4.72 Å². The Balaban J connectivity index is 1.98. The number of piperidine rings is 1. The van der Waals surface area contributed by atoms with Crippen LogP contribution in [-0.2, 0) is 14.8 Å². The number of carbonyl (C=O) groups excluding carboxylic acids is 1. The van der Waals surface area contributed by atoms with Crippen molar-refractivity contribution in [3.8, 4) is 0 Å². The Labute approximate surface area is 129 Å². The lowest BCUT2D eigenvalue weighted by molar-refractivity contribution is -0.118. The van der Waals surface area contributed by atoms with E-state index in [1.807, 2.05) is 4.90 Å². The van der Waals surface area contributed by atoms with Crippen molar-refractivity contribution < 1.29 is 17.6 Å². The fourth-order valence-electron chi connectivity index (χ4n) is 2.54. The summed E-state index contributed by atoms with van der Waals surface area (Å²) in [4.78, 5) is 12.7. The third-order valence-electron chi connectivity index (χ3n) is 3.61. The average Bonchev–Trinajstić information content (AvgIpc) is 2.45. The first-order valence-electron chi connectivity index (χ1n) is 7.15. The van der Waals surface area contributed by atoms with Gasteiger partial charge in [0.25, 0.3) is 0 Å². The number of hydrogen-bond acceptors (Lipinski definition) is 4. The summed E-state index contributed by atoms with van der Waals surface area (Å²) in [6.07, 6.45) is 1.79. The maximum Gasteiger partial charge on any atom is 0.240 e. The highest BCUT2D eigenvalue weighted by Crippen LogP contribution is 2.15. The van der Waals surface area contributed by atoms with Crippen LogP contribution in [-0.4, -0.2) is 44.9 Å². The summed E-state index contributed by atoms with van der Waals surface area (Å²) >= 11 is 0. The number of benzene rings is 1. The number of primary amides is 1. The SMILES string of the molecule is NC(=O)CCN1CCC[C@H](NS(=O)(=O)c2cccc(F)c2)C1. The minimum absolute atomic E-state index is 0.0817. The van der Waals surface area contributed by atoms with Crippen LogP contribution in [0.25, 0.3) is 0 Å². The van der Waals surface area contributed by atoms with Crippen LogP contribution < -0.4 is 10.5 Å². The smallest absolute Gasteiger partial charge is 0.240 e. The highest BCUT2D eigenvalue weighted by Gasteiger charge is 2.25. The van der Waals surface area contributed by atoms with Gasteiger partial charge in [0, 0.05) is 25.6 Å². The maximum absolute atomic E-state index is 13.2. The monoisotopic (exact) mass is 329 g/mol. The quantitative estimate of drug-likeness (QED) is 0.792. The summed E-state index contributed by atoms with van der Waals surface area (Å²) in [6.45, 7) is 1.85. The number of likely N-dealkylation sites (tertiary alicyclic amines) is 1. The number of amides is 1. The van der Waals surface area contributed by atoms with Crippen LogP contribution in [0.5, 0.6) is 0 Å². The lowest BCUT2D eigenvalue weighted by atomic mass is 10.1. The molecule has 122 valence electrons. The number of rotatable bonds is 6. The molecule has 0 aliphatic carbocycles. The number of nitrogens with zero attached hydrogens (tertiary/aromatic N) is 1. The zero-order valence-corrected chi connectivity index (χ0v) is 13.0. The first-order chi connectivity index (χ1) is 10.4. The van der Waals surface area contributed by atoms with Crippen LogP contribution in [0.15, 0.2) is 29.2 Å². The van der Waals surface area contributed by atoms with Crippen molar-refractivity contribution in [1.29, 1.82) is 0 Å². The molecule has 0 radical (unpaired) electrons. The van der Waals surface area contributed by atoms with Crippen LogP contribution in [0.4, 0.5) is 4.39 Å². The fourth-order valence-corrected chi connectivity index (χ4v) is 3.84. The Kier molecular flexibility index (Phi) is 5.49. The molecular weight excluding hydrogens is 309 g/mol. The highest BCUT2D eigenvalue weighted by molar-refractivity contribution is 7.89. The van der Waals surface area contributed by atoms with Gasteiger partial charge in [0.2, 0.25) is 15.9 Å². The van der Waals surface area contributed by atoms with Crippen LogP contribution in [0.2, 0.25) is 0 Å². The second-order valence-electron chi connectivity index (χ2n) is 5.43. The molecule has 0 saturated carbocycles. The predicted molar refractivity (Wildman–Crippen MR) is 80.0 cm³/mol. The second-order valence-corrected chi connectivity index (χ2v) is 7.15. The summed E-state index contributed by atoms with van der Waals surface area (Å²) in [5.41, 5.74) is 5.12. The molecule has 2 rings (SSSR count). The van der Waals surface area contributed by atoms with E-state index in [0.29, 0.717) is 19.5 Å². The van der Waals surface area contributed by atoms with Crippen LogP contribution in [0, 0.1) is 5.82 Å². The summed E-state index contributed by atoms with van der Waals surface area (Å²) in [5, 5.41) is 0. The molecule has 22 heavy (non-hydrogen) atoms. The molecule has 1 aliphatic rings. The highest BCUT2D eigenvalue weighted by atomic mass is 32.2. The van der Waals surface area contributed by atoms with Gasteiger partial charge in [-0.05, 0) is 37.6 Å². The Morgan fingerprint density at radius 3 is 2.91 bits per heavy atom. The zero-order valence-electron chi connectivity index (χ0n) is 12.2. The molecule has 8 heteroatoms. The van der Waals surface area contributed by atoms with Crippen LogP contribution in [0.3, 0.4) is 0 Å². The van der Waals surface area contributed by atoms with Crippen molar-refractivity contribution in [2.24, 2.45) is 5.73 Å². The molecule has 1 fully saturated rings. The van der Waals surface area contributed by atoms with Gasteiger partial charge < -0.3 is 10.6 Å². The second kappa shape index (κ2) is 7.17. The van der Waals surface area contributed by atoms with Crippen molar-refractivity contribution in [3.63, 3.8) is 0 Å². The van der Waals surface area contributed by atoms with E-state index in [4.69, 9.17) is 5.73 Å². The van der Waals surface area contributed by atoms with Crippen LogP contribution in [0.1, 0.15) is 19.3 Å². The molecule has 1 saturated heterocycles. The van der Waals surface area contributed by atoms with Gasteiger partial charge in [-0.2, -0.15) is 0 Å². The zero-order chi connectivity index (χ0) is 16.2. The van der Waals surface area contributed by atoms with E-state index in [1.165, 1.54) is 18.2 Å². The number of halogens is 1. The summed E-state index contributed by atoms with van der Waals surface area (Å²) in [5.74, 6) is -0.961. The maximum atomic E-state index is 13.2. The van der Waals surface area contributed by atoms with E-state index in [1.54, 1.807) is 0 Å². The number of nitrogens with two attached hydrogens (primary N) is 1. The summed E-state index contributed by atoms with van der Waals surface area (Å²) in [6, 6.07) is 4.67.